The lowest BCUT2D eigenvalue weighted by molar-refractivity contribution is 0.0691. The zero-order valence-electron chi connectivity index (χ0n) is 12.7. The summed E-state index contributed by atoms with van der Waals surface area (Å²) < 4.78 is 0. The van der Waals surface area contributed by atoms with Crippen LogP contribution in [0.5, 0.6) is 0 Å². The third kappa shape index (κ3) is 2.81. The van der Waals surface area contributed by atoms with E-state index in [9.17, 15) is 4.79 Å². The molecule has 3 rings (SSSR count). The van der Waals surface area contributed by atoms with Crippen LogP contribution in [0.25, 0.3) is 10.9 Å². The fourth-order valence-electron chi connectivity index (χ4n) is 3.08. The van der Waals surface area contributed by atoms with Crippen molar-refractivity contribution in [2.24, 2.45) is 0 Å². The number of carbonyl (C=O) groups excluding carboxylic acids is 1. The predicted molar refractivity (Wildman–Crippen MR) is 85.5 cm³/mol. The van der Waals surface area contributed by atoms with E-state index in [1.807, 2.05) is 35.4 Å². The Morgan fingerprint density at radius 3 is 2.90 bits per heavy atom. The van der Waals surface area contributed by atoms with Crippen molar-refractivity contribution in [3.8, 4) is 0 Å². The number of aromatic nitrogens is 1. The van der Waals surface area contributed by atoms with Crippen LogP contribution in [-0.2, 0) is 0 Å². The van der Waals surface area contributed by atoms with Gasteiger partial charge in [-0.05, 0) is 39.3 Å². The van der Waals surface area contributed by atoms with Gasteiger partial charge in [0.15, 0.2) is 0 Å². The monoisotopic (exact) mass is 285 g/mol. The molecule has 1 aromatic heterocycles. The van der Waals surface area contributed by atoms with Crippen molar-refractivity contribution in [3.63, 3.8) is 0 Å². The van der Waals surface area contributed by atoms with E-state index < -0.39 is 0 Å². The minimum absolute atomic E-state index is 0.121. The highest BCUT2D eigenvalue weighted by Crippen LogP contribution is 2.21. The van der Waals surface area contributed by atoms with Crippen molar-refractivity contribution in [1.29, 1.82) is 0 Å². The minimum Gasteiger partial charge on any atom is -0.360 e. The van der Waals surface area contributed by atoms with Crippen LogP contribution in [0.2, 0.25) is 0 Å². The maximum atomic E-state index is 12.9. The molecule has 1 fully saturated rings. The summed E-state index contributed by atoms with van der Waals surface area (Å²) in [6.45, 7) is 6.03. The molecule has 2 aromatic rings. The topological polar surface area (TPSA) is 48.1 Å². The quantitative estimate of drug-likeness (QED) is 0.907. The Morgan fingerprint density at radius 2 is 2.19 bits per heavy atom. The van der Waals surface area contributed by atoms with Crippen molar-refractivity contribution in [1.82, 2.24) is 15.2 Å². The highest BCUT2D eigenvalue weighted by molar-refractivity contribution is 6.06. The molecule has 0 spiro atoms. The summed E-state index contributed by atoms with van der Waals surface area (Å²) in [4.78, 5) is 18.1. The largest absolute Gasteiger partial charge is 0.360 e. The normalized spacial score (nSPS) is 18.5. The number of hydrogen-bond donors (Lipinski definition) is 2. The zero-order chi connectivity index (χ0) is 14.8. The molecule has 1 unspecified atom stereocenters. The Hall–Kier alpha value is -1.81. The van der Waals surface area contributed by atoms with Gasteiger partial charge in [-0.1, -0.05) is 18.2 Å². The number of rotatable bonds is 4. The molecule has 2 N–H and O–H groups in total. The van der Waals surface area contributed by atoms with E-state index in [4.69, 9.17) is 0 Å². The van der Waals surface area contributed by atoms with Crippen LogP contribution in [-0.4, -0.2) is 41.0 Å². The molecular formula is C17H23N3O. The van der Waals surface area contributed by atoms with Gasteiger partial charge in [0.05, 0.1) is 5.56 Å². The smallest absolute Gasteiger partial charge is 0.256 e. The summed E-state index contributed by atoms with van der Waals surface area (Å²) in [5.74, 6) is 0.121. The Kier molecular flexibility index (Phi) is 3.97. The Balaban J connectivity index is 1.86. The number of H-pyrrole nitrogens is 1. The molecule has 1 aliphatic rings. The van der Waals surface area contributed by atoms with Gasteiger partial charge in [0.1, 0.15) is 0 Å². The average molecular weight is 285 g/mol. The molecule has 1 aromatic carbocycles. The molecular weight excluding hydrogens is 262 g/mol. The lowest BCUT2D eigenvalue weighted by atomic mass is 10.1. The zero-order valence-corrected chi connectivity index (χ0v) is 12.7. The number of amides is 1. The highest BCUT2D eigenvalue weighted by atomic mass is 16.2. The lowest BCUT2D eigenvalue weighted by Crippen LogP contribution is -2.44. The number of benzene rings is 1. The first-order valence-corrected chi connectivity index (χ1v) is 7.77. The second-order valence-corrected chi connectivity index (χ2v) is 6.09. The molecule has 0 saturated carbocycles. The second-order valence-electron chi connectivity index (χ2n) is 6.09. The van der Waals surface area contributed by atoms with Crippen LogP contribution in [0.3, 0.4) is 0 Å². The number of nitrogens with one attached hydrogen (secondary N) is 2. The molecule has 2 heterocycles. The van der Waals surface area contributed by atoms with E-state index in [-0.39, 0.29) is 11.9 Å². The van der Waals surface area contributed by atoms with Gasteiger partial charge >= 0.3 is 0 Å². The fraction of sp³-hybridized carbons (Fsp3) is 0.471. The Morgan fingerprint density at radius 1 is 1.38 bits per heavy atom. The highest BCUT2D eigenvalue weighted by Gasteiger charge is 2.25. The van der Waals surface area contributed by atoms with Crippen LogP contribution >= 0.6 is 0 Å². The molecule has 0 aliphatic carbocycles. The minimum atomic E-state index is 0.121. The van der Waals surface area contributed by atoms with Crippen LogP contribution in [0.1, 0.15) is 37.0 Å². The van der Waals surface area contributed by atoms with Gasteiger partial charge in [0, 0.05) is 35.7 Å². The summed E-state index contributed by atoms with van der Waals surface area (Å²) in [6.07, 6.45) is 4.20. The Labute approximate surface area is 125 Å². The number of fused-ring (bicyclic) bond motifs is 1. The molecule has 1 aliphatic heterocycles. The number of aromatic amines is 1. The molecule has 112 valence electrons. The van der Waals surface area contributed by atoms with Gasteiger partial charge in [0.2, 0.25) is 0 Å². The molecule has 1 saturated heterocycles. The van der Waals surface area contributed by atoms with Crippen LogP contribution in [0.15, 0.2) is 30.5 Å². The second kappa shape index (κ2) is 5.90. The van der Waals surface area contributed by atoms with E-state index in [2.05, 4.69) is 24.1 Å². The standard InChI is InChI=1S/C17H23N3O/c1-12(2)20(11-13-6-5-9-18-13)17(21)15-10-19-16-8-4-3-7-14(15)16/h3-4,7-8,10,12-13,18-19H,5-6,9,11H2,1-2H3. The first-order valence-electron chi connectivity index (χ1n) is 7.77. The van der Waals surface area contributed by atoms with Gasteiger partial charge in [-0.15, -0.1) is 0 Å². The van der Waals surface area contributed by atoms with Crippen molar-refractivity contribution in [3.05, 3.63) is 36.0 Å². The summed E-state index contributed by atoms with van der Waals surface area (Å²) in [5, 5.41) is 4.48. The van der Waals surface area contributed by atoms with E-state index in [1.54, 1.807) is 0 Å². The molecule has 4 heteroatoms. The van der Waals surface area contributed by atoms with E-state index in [1.165, 1.54) is 6.42 Å². The predicted octanol–water partition coefficient (Wildman–Crippen LogP) is 2.77. The summed E-state index contributed by atoms with van der Waals surface area (Å²) in [6, 6.07) is 8.60. The number of nitrogens with zero attached hydrogens (tertiary/aromatic N) is 1. The maximum Gasteiger partial charge on any atom is 0.256 e. The fourth-order valence-corrected chi connectivity index (χ4v) is 3.08. The SMILES string of the molecule is CC(C)N(CC1CCCN1)C(=O)c1c[nH]c2ccccc12. The number of carbonyl (C=O) groups is 1. The van der Waals surface area contributed by atoms with Gasteiger partial charge in [-0.2, -0.15) is 0 Å². The first-order chi connectivity index (χ1) is 10.2. The van der Waals surface area contributed by atoms with Crippen LogP contribution in [0, 0.1) is 0 Å². The van der Waals surface area contributed by atoms with Gasteiger partial charge in [-0.3, -0.25) is 4.79 Å². The first kappa shape index (κ1) is 14.1. The van der Waals surface area contributed by atoms with Crippen molar-refractivity contribution in [2.75, 3.05) is 13.1 Å². The molecule has 1 amide bonds. The van der Waals surface area contributed by atoms with Gasteiger partial charge in [0.25, 0.3) is 5.91 Å². The summed E-state index contributed by atoms with van der Waals surface area (Å²) in [7, 11) is 0. The Bertz CT molecular complexity index is 626. The van der Waals surface area contributed by atoms with Crippen molar-refractivity contribution in [2.45, 2.75) is 38.8 Å². The number of hydrogen-bond acceptors (Lipinski definition) is 2. The van der Waals surface area contributed by atoms with Crippen molar-refractivity contribution >= 4 is 16.8 Å². The maximum absolute atomic E-state index is 12.9. The van der Waals surface area contributed by atoms with E-state index in [0.717, 1.165) is 36.0 Å². The van der Waals surface area contributed by atoms with Crippen LogP contribution < -0.4 is 5.32 Å². The molecule has 1 atom stereocenters. The molecule has 0 radical (unpaired) electrons. The van der Waals surface area contributed by atoms with Gasteiger partial charge < -0.3 is 15.2 Å². The molecule has 4 nitrogen and oxygen atoms in total. The third-order valence-electron chi connectivity index (χ3n) is 4.28. The van der Waals surface area contributed by atoms with Crippen molar-refractivity contribution < 1.29 is 4.79 Å². The van der Waals surface area contributed by atoms with Gasteiger partial charge in [-0.25, -0.2) is 0 Å². The van der Waals surface area contributed by atoms with E-state index >= 15 is 0 Å². The lowest BCUT2D eigenvalue weighted by Gasteiger charge is -2.29. The molecule has 0 bridgehead atoms. The summed E-state index contributed by atoms with van der Waals surface area (Å²) in [5.41, 5.74) is 1.79. The third-order valence-corrected chi connectivity index (χ3v) is 4.28. The average Bonchev–Trinajstić information content (AvgIpc) is 3.13. The summed E-state index contributed by atoms with van der Waals surface area (Å²) >= 11 is 0. The molecule has 21 heavy (non-hydrogen) atoms. The number of para-hydroxylation sites is 1. The van der Waals surface area contributed by atoms with E-state index in [0.29, 0.717) is 6.04 Å². The van der Waals surface area contributed by atoms with Crippen LogP contribution in [0.4, 0.5) is 0 Å².